The Morgan fingerprint density at radius 3 is 2.80 bits per heavy atom. The molecule has 0 aliphatic heterocycles. The molecule has 0 unspecified atom stereocenters. The van der Waals surface area contributed by atoms with Crippen molar-refractivity contribution in [1.82, 2.24) is 14.9 Å². The Balaban J connectivity index is 1.95. The molecule has 5 nitrogen and oxygen atoms in total. The van der Waals surface area contributed by atoms with Gasteiger partial charge in [0.05, 0.1) is 11.2 Å². The van der Waals surface area contributed by atoms with Crippen molar-refractivity contribution in [3.8, 4) is 0 Å². The number of hydrogen-bond acceptors (Lipinski definition) is 4. The standard InChI is InChI=1S/C14H17N3O2S/c1-9-6-12(20-7-9)13(18)15-4-5-17-8-16-11(3)10(2)14(17)19/h6-8H,4-5H2,1-3H3,(H,15,18). The lowest BCUT2D eigenvalue weighted by Gasteiger charge is -2.08. The number of amides is 1. The topological polar surface area (TPSA) is 64.0 Å². The highest BCUT2D eigenvalue weighted by atomic mass is 32.1. The second kappa shape index (κ2) is 6.00. The van der Waals surface area contributed by atoms with Crippen molar-refractivity contribution >= 4 is 17.2 Å². The van der Waals surface area contributed by atoms with E-state index in [0.717, 1.165) is 11.3 Å². The van der Waals surface area contributed by atoms with E-state index in [1.807, 2.05) is 25.3 Å². The molecule has 1 amide bonds. The fourth-order valence-electron chi connectivity index (χ4n) is 1.76. The minimum absolute atomic E-state index is 0.0567. The highest BCUT2D eigenvalue weighted by Gasteiger charge is 2.08. The molecule has 20 heavy (non-hydrogen) atoms. The maximum atomic E-state index is 12.0. The summed E-state index contributed by atoms with van der Waals surface area (Å²) in [7, 11) is 0. The molecule has 2 aromatic heterocycles. The molecule has 0 aromatic carbocycles. The monoisotopic (exact) mass is 291 g/mol. The van der Waals surface area contributed by atoms with Gasteiger partial charge in [-0.2, -0.15) is 0 Å². The predicted octanol–water partition coefficient (Wildman–Crippen LogP) is 1.66. The fraction of sp³-hybridized carbons (Fsp3) is 0.357. The van der Waals surface area contributed by atoms with Crippen LogP contribution in [-0.4, -0.2) is 22.0 Å². The number of rotatable bonds is 4. The Morgan fingerprint density at radius 2 is 2.15 bits per heavy atom. The summed E-state index contributed by atoms with van der Waals surface area (Å²) in [6, 6.07) is 1.85. The van der Waals surface area contributed by atoms with E-state index in [9.17, 15) is 9.59 Å². The van der Waals surface area contributed by atoms with Crippen LogP contribution < -0.4 is 10.9 Å². The van der Waals surface area contributed by atoms with Crippen LogP contribution in [0.3, 0.4) is 0 Å². The molecule has 0 saturated carbocycles. The number of hydrogen-bond donors (Lipinski definition) is 1. The average molecular weight is 291 g/mol. The molecule has 0 atom stereocenters. The van der Waals surface area contributed by atoms with E-state index < -0.39 is 0 Å². The van der Waals surface area contributed by atoms with Gasteiger partial charge in [0, 0.05) is 24.3 Å². The number of nitrogens with one attached hydrogen (secondary N) is 1. The Kier molecular flexibility index (Phi) is 4.34. The van der Waals surface area contributed by atoms with Crippen LogP contribution in [-0.2, 0) is 6.54 Å². The van der Waals surface area contributed by atoms with Gasteiger partial charge in [0.1, 0.15) is 0 Å². The summed E-state index contributed by atoms with van der Waals surface area (Å²) >= 11 is 1.42. The van der Waals surface area contributed by atoms with Gasteiger partial charge in [-0.25, -0.2) is 4.98 Å². The van der Waals surface area contributed by atoms with Crippen LogP contribution in [0.4, 0.5) is 0 Å². The average Bonchev–Trinajstić information content (AvgIpc) is 2.85. The zero-order valence-electron chi connectivity index (χ0n) is 11.8. The lowest BCUT2D eigenvalue weighted by molar-refractivity contribution is 0.0956. The third-order valence-electron chi connectivity index (χ3n) is 3.11. The first-order valence-corrected chi connectivity index (χ1v) is 7.23. The van der Waals surface area contributed by atoms with Crippen LogP contribution in [0.2, 0.25) is 0 Å². The molecule has 0 radical (unpaired) electrons. The number of carbonyl (C=O) groups is 1. The van der Waals surface area contributed by atoms with Crippen molar-refractivity contribution in [3.05, 3.63) is 49.8 Å². The molecular formula is C14H17N3O2S. The molecule has 0 fully saturated rings. The van der Waals surface area contributed by atoms with Crippen LogP contribution >= 0.6 is 11.3 Å². The predicted molar refractivity (Wildman–Crippen MR) is 79.4 cm³/mol. The maximum absolute atomic E-state index is 12.0. The van der Waals surface area contributed by atoms with Crippen LogP contribution in [0.1, 0.15) is 26.5 Å². The highest BCUT2D eigenvalue weighted by molar-refractivity contribution is 7.12. The maximum Gasteiger partial charge on any atom is 0.261 e. The summed E-state index contributed by atoms with van der Waals surface area (Å²) in [6.45, 7) is 6.34. The van der Waals surface area contributed by atoms with Crippen molar-refractivity contribution in [1.29, 1.82) is 0 Å². The van der Waals surface area contributed by atoms with Crippen LogP contribution in [0, 0.1) is 20.8 Å². The summed E-state index contributed by atoms with van der Waals surface area (Å²) in [5, 5.41) is 4.74. The van der Waals surface area contributed by atoms with E-state index >= 15 is 0 Å². The van der Waals surface area contributed by atoms with Crippen LogP contribution in [0.15, 0.2) is 22.6 Å². The van der Waals surface area contributed by atoms with E-state index in [2.05, 4.69) is 10.3 Å². The Morgan fingerprint density at radius 1 is 1.40 bits per heavy atom. The minimum atomic E-state index is -0.104. The van der Waals surface area contributed by atoms with Crippen molar-refractivity contribution in [2.45, 2.75) is 27.3 Å². The summed E-state index contributed by atoms with van der Waals surface area (Å²) in [4.78, 5) is 28.6. The zero-order chi connectivity index (χ0) is 14.7. The zero-order valence-corrected chi connectivity index (χ0v) is 12.6. The summed E-state index contributed by atoms with van der Waals surface area (Å²) in [6.07, 6.45) is 1.52. The quantitative estimate of drug-likeness (QED) is 0.932. The van der Waals surface area contributed by atoms with E-state index in [0.29, 0.717) is 23.5 Å². The van der Waals surface area contributed by atoms with E-state index in [4.69, 9.17) is 0 Å². The molecule has 0 spiro atoms. The molecule has 0 saturated heterocycles. The van der Waals surface area contributed by atoms with Crippen molar-refractivity contribution in [2.24, 2.45) is 0 Å². The molecule has 0 aliphatic rings. The number of aryl methyl sites for hydroxylation is 2. The molecule has 0 bridgehead atoms. The van der Waals surface area contributed by atoms with E-state index in [1.54, 1.807) is 6.92 Å². The number of carbonyl (C=O) groups excluding carboxylic acids is 1. The molecular weight excluding hydrogens is 274 g/mol. The van der Waals surface area contributed by atoms with Gasteiger partial charge >= 0.3 is 0 Å². The second-order valence-electron chi connectivity index (χ2n) is 4.70. The molecule has 2 rings (SSSR count). The van der Waals surface area contributed by atoms with Crippen LogP contribution in [0.5, 0.6) is 0 Å². The summed E-state index contributed by atoms with van der Waals surface area (Å²) in [5.74, 6) is -0.104. The largest absolute Gasteiger partial charge is 0.350 e. The van der Waals surface area contributed by atoms with Gasteiger partial charge in [-0.3, -0.25) is 14.2 Å². The fourth-order valence-corrected chi connectivity index (χ4v) is 2.58. The minimum Gasteiger partial charge on any atom is -0.350 e. The lowest BCUT2D eigenvalue weighted by atomic mass is 10.3. The Bertz CT molecular complexity index is 688. The number of aromatic nitrogens is 2. The van der Waals surface area contributed by atoms with Gasteiger partial charge in [0.25, 0.3) is 11.5 Å². The Labute approximate surface area is 121 Å². The van der Waals surface area contributed by atoms with Crippen molar-refractivity contribution in [2.75, 3.05) is 6.54 Å². The van der Waals surface area contributed by atoms with Gasteiger partial charge in [0.15, 0.2) is 0 Å². The first-order chi connectivity index (χ1) is 9.49. The van der Waals surface area contributed by atoms with Gasteiger partial charge in [0.2, 0.25) is 0 Å². The third-order valence-corrected chi connectivity index (χ3v) is 4.15. The van der Waals surface area contributed by atoms with E-state index in [-0.39, 0.29) is 11.5 Å². The van der Waals surface area contributed by atoms with Gasteiger partial charge < -0.3 is 5.32 Å². The summed E-state index contributed by atoms with van der Waals surface area (Å²) < 4.78 is 1.52. The smallest absolute Gasteiger partial charge is 0.261 e. The van der Waals surface area contributed by atoms with Gasteiger partial charge in [-0.05, 0) is 37.8 Å². The lowest BCUT2D eigenvalue weighted by Crippen LogP contribution is -2.31. The van der Waals surface area contributed by atoms with E-state index in [1.165, 1.54) is 22.2 Å². The number of thiophene rings is 1. The van der Waals surface area contributed by atoms with Crippen molar-refractivity contribution in [3.63, 3.8) is 0 Å². The normalized spacial score (nSPS) is 10.6. The molecule has 2 aromatic rings. The van der Waals surface area contributed by atoms with Crippen LogP contribution in [0.25, 0.3) is 0 Å². The second-order valence-corrected chi connectivity index (χ2v) is 5.61. The molecule has 106 valence electrons. The third kappa shape index (κ3) is 3.14. The van der Waals surface area contributed by atoms with Crippen molar-refractivity contribution < 1.29 is 4.79 Å². The molecule has 2 heterocycles. The highest BCUT2D eigenvalue weighted by Crippen LogP contribution is 2.12. The first-order valence-electron chi connectivity index (χ1n) is 6.35. The molecule has 6 heteroatoms. The SMILES string of the molecule is Cc1csc(C(=O)NCCn2cnc(C)c(C)c2=O)c1. The molecule has 1 N–H and O–H groups in total. The summed E-state index contributed by atoms with van der Waals surface area (Å²) in [5.41, 5.74) is 2.41. The Hall–Kier alpha value is -1.95. The molecule has 0 aliphatic carbocycles. The van der Waals surface area contributed by atoms with Gasteiger partial charge in [-0.15, -0.1) is 11.3 Å². The number of nitrogens with zero attached hydrogens (tertiary/aromatic N) is 2. The first kappa shape index (κ1) is 14.5. The van der Waals surface area contributed by atoms with Gasteiger partial charge in [-0.1, -0.05) is 0 Å².